The summed E-state index contributed by atoms with van der Waals surface area (Å²) in [5.41, 5.74) is 0. The van der Waals surface area contributed by atoms with Crippen molar-refractivity contribution >= 4 is 23.9 Å². The molecule has 0 aliphatic heterocycles. The van der Waals surface area contributed by atoms with Crippen molar-refractivity contribution in [2.45, 2.75) is 0 Å². The molecular formula is H6HfO4SnTi. The third-order valence-electron chi connectivity index (χ3n) is 0. The predicted octanol–water partition coefficient (Wildman–Crippen LogP) is -3.15. The second kappa shape index (κ2) is 6.34. The van der Waals surface area contributed by atoms with Gasteiger partial charge in [0.1, 0.15) is 0 Å². The third kappa shape index (κ3) is 64.4. The standard InChI is InChI=1S/Hf.4H2O.Sn.Ti.2H/h;4*1H2;;;;/q;;;;;;+4;;/p-4. The van der Waals surface area contributed by atoms with E-state index < -0.39 is 18.1 Å². The molecule has 0 aliphatic carbocycles. The summed E-state index contributed by atoms with van der Waals surface area (Å²) in [6.07, 6.45) is 0. The van der Waals surface area contributed by atoms with Gasteiger partial charge in [-0.15, -0.1) is 0 Å². The van der Waals surface area contributed by atoms with Crippen LogP contribution >= 0.6 is 0 Å². The summed E-state index contributed by atoms with van der Waals surface area (Å²) in [4.78, 5) is 0. The maximum atomic E-state index is 7.38. The summed E-state index contributed by atoms with van der Waals surface area (Å²) in [5.74, 6) is 0. The maximum absolute atomic E-state index is 7.38. The molecule has 2 radical (unpaired) electrons. The van der Waals surface area contributed by atoms with Crippen molar-refractivity contribution in [3.63, 3.8) is 0 Å². The van der Waals surface area contributed by atoms with E-state index in [1.54, 1.807) is 0 Å². The van der Waals surface area contributed by atoms with Gasteiger partial charge in [-0.1, -0.05) is 0 Å². The molecule has 0 aromatic rings. The van der Waals surface area contributed by atoms with E-state index in [0.29, 0.717) is 0 Å². The van der Waals surface area contributed by atoms with Crippen molar-refractivity contribution in [1.29, 1.82) is 0 Å². The number of rotatable bonds is 0. The Bertz CT molecular complexity index is 27.2. The first-order chi connectivity index (χ1) is 2.00. The monoisotopic (exact) mass is 418 g/mol. The van der Waals surface area contributed by atoms with Crippen LogP contribution in [-0.2, 0) is 44.0 Å². The van der Waals surface area contributed by atoms with E-state index in [0.717, 1.165) is 0 Å². The van der Waals surface area contributed by atoms with Gasteiger partial charge in [0.25, 0.3) is 0 Å². The Hall–Kier alpha value is 2.22. The molecule has 0 saturated carbocycles. The fourth-order valence-electron chi connectivity index (χ4n) is 0. The van der Waals surface area contributed by atoms with E-state index in [-0.39, 0.29) is 49.8 Å². The van der Waals surface area contributed by atoms with Crippen LogP contribution in [0.3, 0.4) is 0 Å². The Balaban J connectivity index is -0.0000000800. The summed E-state index contributed by atoms with van der Waals surface area (Å²) in [5, 5.41) is 0. The van der Waals surface area contributed by atoms with E-state index in [9.17, 15) is 0 Å². The van der Waals surface area contributed by atoms with Crippen LogP contribution in [0.15, 0.2) is 0 Å². The van der Waals surface area contributed by atoms with Gasteiger partial charge in [0.2, 0.25) is 0 Å². The summed E-state index contributed by atoms with van der Waals surface area (Å²) < 4.78 is 29.5. The van der Waals surface area contributed by atoms with Gasteiger partial charge in [-0.05, 0) is 0 Å². The first-order valence-corrected chi connectivity index (χ1v) is 3.69. The first-order valence-electron chi connectivity index (χ1n) is 0.894. The fraction of sp³-hybridized carbons (Fsp3) is 0. The molecule has 0 aromatic heterocycles. The van der Waals surface area contributed by atoms with Crippen molar-refractivity contribution in [2.24, 2.45) is 0 Å². The van der Waals surface area contributed by atoms with Gasteiger partial charge < -0.3 is 0 Å². The van der Waals surface area contributed by atoms with Crippen LogP contribution in [0.25, 0.3) is 0 Å². The Kier molecular flexibility index (Phi) is 14.6. The zero-order chi connectivity index (χ0) is 4.50. The molecule has 42 valence electrons. The van der Waals surface area contributed by atoms with Gasteiger partial charge in [0.15, 0.2) is 0 Å². The predicted molar refractivity (Wildman–Crippen MR) is 17.4 cm³/mol. The summed E-state index contributed by atoms with van der Waals surface area (Å²) in [6.45, 7) is 0. The Morgan fingerprint density at radius 2 is 0.857 bits per heavy atom. The number of hydrogen-bond donors (Lipinski definition) is 4. The molecule has 0 spiro atoms. The van der Waals surface area contributed by atoms with Gasteiger partial charge >= 0.3 is 56.8 Å². The molecule has 7 heteroatoms. The molecule has 7 heavy (non-hydrogen) atoms. The van der Waals surface area contributed by atoms with Gasteiger partial charge in [-0.3, -0.25) is 0 Å². The molecule has 0 aliphatic rings. The molecule has 0 amide bonds. The van der Waals surface area contributed by atoms with E-state index in [1.165, 1.54) is 0 Å². The van der Waals surface area contributed by atoms with Crippen molar-refractivity contribution in [2.75, 3.05) is 0 Å². The topological polar surface area (TPSA) is 80.9 Å². The minimum atomic E-state index is -5.00. The van der Waals surface area contributed by atoms with E-state index in [4.69, 9.17) is 14.8 Å². The molecule has 0 atom stereocenters. The zero-order valence-corrected chi connectivity index (χ0v) is 12.7. The van der Waals surface area contributed by atoms with Gasteiger partial charge in [0, 0.05) is 25.8 Å². The second-order valence-corrected chi connectivity index (χ2v) is 2.47. The van der Waals surface area contributed by atoms with Crippen molar-refractivity contribution in [1.82, 2.24) is 0 Å². The molecule has 0 saturated heterocycles. The summed E-state index contributed by atoms with van der Waals surface area (Å²) in [6, 6.07) is 0. The fourth-order valence-corrected chi connectivity index (χ4v) is 0. The average molecular weight is 415 g/mol. The second-order valence-electron chi connectivity index (χ2n) is 0.600. The van der Waals surface area contributed by atoms with Crippen molar-refractivity contribution < 1.29 is 58.7 Å². The van der Waals surface area contributed by atoms with Crippen LogP contribution < -0.4 is 0 Å². The van der Waals surface area contributed by atoms with Gasteiger partial charge in [0.05, 0.1) is 0 Å². The van der Waals surface area contributed by atoms with Crippen LogP contribution in [0, 0.1) is 0 Å². The average Bonchev–Trinajstić information content (AvgIpc) is 0.722. The number of hydrogen-bond acceptors (Lipinski definition) is 4. The summed E-state index contributed by atoms with van der Waals surface area (Å²) >= 11 is -5.00. The Morgan fingerprint density at radius 1 is 0.857 bits per heavy atom. The molecule has 0 bridgehead atoms. The molecular weight excluding hydrogens is 409 g/mol. The zero-order valence-electron chi connectivity index (χ0n) is 3.50. The van der Waals surface area contributed by atoms with Crippen LogP contribution in [0.1, 0.15) is 0 Å². The minimum absolute atomic E-state index is 0. The van der Waals surface area contributed by atoms with Crippen LogP contribution in [0.5, 0.6) is 0 Å². The normalized spacial score (nSPS) is 8.57. The molecule has 0 rings (SSSR count). The van der Waals surface area contributed by atoms with E-state index >= 15 is 0 Å². The van der Waals surface area contributed by atoms with Crippen LogP contribution in [0.2, 0.25) is 0 Å². The van der Waals surface area contributed by atoms with E-state index in [1.807, 2.05) is 0 Å². The quantitative estimate of drug-likeness (QED) is 0.316. The first kappa shape index (κ1) is 16.1. The van der Waals surface area contributed by atoms with Crippen LogP contribution in [0.4, 0.5) is 0 Å². The Morgan fingerprint density at radius 3 is 0.857 bits per heavy atom. The summed E-state index contributed by atoms with van der Waals surface area (Å²) in [7, 11) is 0. The third-order valence-corrected chi connectivity index (χ3v) is 0. The molecule has 0 unspecified atom stereocenters. The molecule has 4 nitrogen and oxygen atoms in total. The van der Waals surface area contributed by atoms with Crippen molar-refractivity contribution in [3.8, 4) is 0 Å². The van der Waals surface area contributed by atoms with Crippen LogP contribution in [-0.4, -0.2) is 38.7 Å². The Labute approximate surface area is 81.6 Å². The van der Waals surface area contributed by atoms with Gasteiger partial charge in [-0.25, -0.2) is 0 Å². The molecule has 0 aromatic carbocycles. The van der Waals surface area contributed by atoms with Crippen molar-refractivity contribution in [3.05, 3.63) is 0 Å². The van der Waals surface area contributed by atoms with E-state index in [2.05, 4.69) is 0 Å². The molecule has 0 fully saturated rings. The van der Waals surface area contributed by atoms with Gasteiger partial charge in [-0.2, -0.15) is 0 Å². The molecule has 4 N–H and O–H groups in total. The molecule has 0 heterocycles. The SMILES string of the molecule is [Hf].[OH][Ti]([OH])([OH])[OH].[SnH2].